The van der Waals surface area contributed by atoms with Crippen molar-refractivity contribution in [2.24, 2.45) is 0 Å². The molecule has 0 aliphatic carbocycles. The zero-order chi connectivity index (χ0) is 17.7. The second-order valence-corrected chi connectivity index (χ2v) is 5.37. The highest BCUT2D eigenvalue weighted by atomic mass is 16.7. The third-order valence-electron chi connectivity index (χ3n) is 3.61. The highest BCUT2D eigenvalue weighted by Gasteiger charge is 2.45. The molecule has 1 aliphatic rings. The van der Waals surface area contributed by atoms with Crippen LogP contribution in [0.2, 0.25) is 0 Å². The van der Waals surface area contributed by atoms with Crippen molar-refractivity contribution in [3.05, 3.63) is 35.9 Å². The molecule has 1 aromatic rings. The van der Waals surface area contributed by atoms with Crippen molar-refractivity contribution in [1.82, 2.24) is 0 Å². The van der Waals surface area contributed by atoms with E-state index < -0.39 is 42.8 Å². The summed E-state index contributed by atoms with van der Waals surface area (Å²) in [6.45, 7) is 0.873. The van der Waals surface area contributed by atoms with Gasteiger partial charge in [-0.15, -0.1) is 0 Å². The number of benzene rings is 1. The second-order valence-electron chi connectivity index (χ2n) is 5.37. The number of rotatable bonds is 5. The molecule has 1 heterocycles. The minimum Gasteiger partial charge on any atom is -0.463 e. The Morgan fingerprint density at radius 2 is 1.92 bits per heavy atom. The van der Waals surface area contributed by atoms with Crippen LogP contribution in [0, 0.1) is 11.3 Å². The van der Waals surface area contributed by atoms with E-state index in [-0.39, 0.29) is 6.61 Å². The summed E-state index contributed by atoms with van der Waals surface area (Å²) in [5.41, 5.74) is 0.549. The van der Waals surface area contributed by atoms with E-state index in [4.69, 9.17) is 14.2 Å². The summed E-state index contributed by atoms with van der Waals surface area (Å²) in [7, 11) is 0. The maximum Gasteiger partial charge on any atom is 0.302 e. The lowest BCUT2D eigenvalue weighted by Crippen LogP contribution is -2.59. The maximum atomic E-state index is 10.9. The molecular weight excluding hydrogens is 318 g/mol. The summed E-state index contributed by atoms with van der Waals surface area (Å²) in [5.74, 6) is -0.580. The fraction of sp³-hybridized carbons (Fsp3) is 0.500. The van der Waals surface area contributed by atoms with Crippen molar-refractivity contribution >= 4 is 5.97 Å². The molecular formula is C16H19NO7. The molecule has 0 spiro atoms. The Bertz CT molecular complexity index is 588. The van der Waals surface area contributed by atoms with Gasteiger partial charge in [-0.3, -0.25) is 4.79 Å². The highest BCUT2D eigenvalue weighted by molar-refractivity contribution is 5.65. The average Bonchev–Trinajstić information content (AvgIpc) is 2.59. The Morgan fingerprint density at radius 1 is 1.25 bits per heavy atom. The number of hydrogen-bond acceptors (Lipinski definition) is 8. The van der Waals surface area contributed by atoms with E-state index in [1.165, 1.54) is 6.92 Å². The van der Waals surface area contributed by atoms with Crippen molar-refractivity contribution in [2.45, 2.75) is 43.7 Å². The van der Waals surface area contributed by atoms with Gasteiger partial charge in [0, 0.05) is 6.92 Å². The zero-order valence-corrected chi connectivity index (χ0v) is 13.0. The fourth-order valence-corrected chi connectivity index (χ4v) is 2.31. The summed E-state index contributed by atoms with van der Waals surface area (Å²) < 4.78 is 15.6. The molecule has 6 unspecified atom stereocenters. The van der Waals surface area contributed by atoms with Crippen LogP contribution in [0.5, 0.6) is 0 Å². The van der Waals surface area contributed by atoms with E-state index in [1.807, 2.05) is 6.07 Å². The van der Waals surface area contributed by atoms with E-state index in [0.29, 0.717) is 5.56 Å². The molecule has 1 fully saturated rings. The van der Waals surface area contributed by atoms with Crippen molar-refractivity contribution in [3.8, 4) is 6.07 Å². The molecule has 0 amide bonds. The lowest BCUT2D eigenvalue weighted by atomic mass is 9.99. The number of ether oxygens (including phenoxy) is 3. The van der Waals surface area contributed by atoms with Gasteiger partial charge in [0.15, 0.2) is 12.4 Å². The Hall–Kier alpha value is -2.02. The first kappa shape index (κ1) is 18.3. The summed E-state index contributed by atoms with van der Waals surface area (Å²) in [4.78, 5) is 10.9. The Kier molecular flexibility index (Phi) is 6.25. The SMILES string of the molecule is CC(=O)OCC1OC(OC(C#N)c2ccccc2)C(O)C(O)C1O. The molecule has 1 aliphatic heterocycles. The molecule has 24 heavy (non-hydrogen) atoms. The smallest absolute Gasteiger partial charge is 0.302 e. The minimum atomic E-state index is -1.57. The number of carbonyl (C=O) groups is 1. The van der Waals surface area contributed by atoms with Gasteiger partial charge in [-0.05, 0) is 5.56 Å². The number of esters is 1. The first-order valence-corrected chi connectivity index (χ1v) is 7.37. The molecule has 6 atom stereocenters. The van der Waals surface area contributed by atoms with Crippen LogP contribution >= 0.6 is 0 Å². The number of aliphatic hydroxyl groups is 3. The van der Waals surface area contributed by atoms with Gasteiger partial charge in [0.05, 0.1) is 6.07 Å². The standard InChI is InChI=1S/C16H19NO7/c1-9(18)22-8-12-13(19)14(20)15(21)16(24-12)23-11(7-17)10-5-3-2-4-6-10/h2-6,11-16,19-21H,8H2,1H3. The number of nitriles is 1. The fourth-order valence-electron chi connectivity index (χ4n) is 2.31. The third-order valence-corrected chi connectivity index (χ3v) is 3.61. The van der Waals surface area contributed by atoms with Gasteiger partial charge in [-0.25, -0.2) is 0 Å². The molecule has 0 saturated carbocycles. The Morgan fingerprint density at radius 3 is 2.50 bits per heavy atom. The van der Waals surface area contributed by atoms with Crippen LogP contribution in [0.25, 0.3) is 0 Å². The van der Waals surface area contributed by atoms with Crippen molar-refractivity contribution < 1.29 is 34.3 Å². The predicted molar refractivity (Wildman–Crippen MR) is 79.2 cm³/mol. The van der Waals surface area contributed by atoms with Crippen LogP contribution in [0.15, 0.2) is 30.3 Å². The van der Waals surface area contributed by atoms with Gasteiger partial charge < -0.3 is 29.5 Å². The van der Waals surface area contributed by atoms with Crippen molar-refractivity contribution in [3.63, 3.8) is 0 Å². The lowest BCUT2D eigenvalue weighted by molar-refractivity contribution is -0.308. The molecule has 130 valence electrons. The number of nitrogens with zero attached hydrogens (tertiary/aromatic N) is 1. The van der Waals surface area contributed by atoms with E-state index in [9.17, 15) is 25.4 Å². The topological polar surface area (TPSA) is 129 Å². The quantitative estimate of drug-likeness (QED) is 0.621. The van der Waals surface area contributed by atoms with Gasteiger partial charge in [-0.2, -0.15) is 5.26 Å². The van der Waals surface area contributed by atoms with E-state index in [0.717, 1.165) is 0 Å². The Labute approximate surface area is 138 Å². The van der Waals surface area contributed by atoms with Gasteiger partial charge >= 0.3 is 5.97 Å². The average molecular weight is 337 g/mol. The van der Waals surface area contributed by atoms with Crippen LogP contribution in [0.4, 0.5) is 0 Å². The Balaban J connectivity index is 2.09. The van der Waals surface area contributed by atoms with Crippen molar-refractivity contribution in [1.29, 1.82) is 5.26 Å². The van der Waals surface area contributed by atoms with Crippen LogP contribution in [0.1, 0.15) is 18.6 Å². The summed E-state index contributed by atoms with van der Waals surface area (Å²) in [6, 6.07) is 10.5. The largest absolute Gasteiger partial charge is 0.463 e. The molecule has 0 radical (unpaired) electrons. The lowest BCUT2D eigenvalue weighted by Gasteiger charge is -2.40. The summed E-state index contributed by atoms with van der Waals surface area (Å²) in [5, 5.41) is 39.1. The van der Waals surface area contributed by atoms with Gasteiger partial charge in [-0.1, -0.05) is 30.3 Å². The third kappa shape index (κ3) is 4.29. The second kappa shape index (κ2) is 8.19. The number of carbonyl (C=O) groups excluding carboxylic acids is 1. The molecule has 1 saturated heterocycles. The minimum absolute atomic E-state index is 0.317. The maximum absolute atomic E-state index is 10.9. The predicted octanol–water partition coefficient (Wildman–Crippen LogP) is -0.361. The van der Waals surface area contributed by atoms with Crippen LogP contribution in [-0.4, -0.2) is 58.6 Å². The van der Waals surface area contributed by atoms with Gasteiger partial charge in [0.25, 0.3) is 0 Å². The molecule has 3 N–H and O–H groups in total. The van der Waals surface area contributed by atoms with Crippen LogP contribution < -0.4 is 0 Å². The van der Waals surface area contributed by atoms with E-state index in [2.05, 4.69) is 0 Å². The van der Waals surface area contributed by atoms with Crippen LogP contribution in [0.3, 0.4) is 0 Å². The van der Waals surface area contributed by atoms with Crippen molar-refractivity contribution in [2.75, 3.05) is 6.61 Å². The monoisotopic (exact) mass is 337 g/mol. The summed E-state index contributed by atoms with van der Waals surface area (Å²) in [6.07, 6.45) is -8.09. The van der Waals surface area contributed by atoms with Gasteiger partial charge in [0.1, 0.15) is 31.0 Å². The molecule has 2 rings (SSSR count). The van der Waals surface area contributed by atoms with E-state index >= 15 is 0 Å². The zero-order valence-electron chi connectivity index (χ0n) is 13.0. The molecule has 0 aromatic heterocycles. The summed E-state index contributed by atoms with van der Waals surface area (Å²) >= 11 is 0. The molecule has 0 bridgehead atoms. The molecule has 8 nitrogen and oxygen atoms in total. The highest BCUT2D eigenvalue weighted by Crippen LogP contribution is 2.27. The number of hydrogen-bond donors (Lipinski definition) is 3. The first-order chi connectivity index (χ1) is 11.4. The van der Waals surface area contributed by atoms with Crippen LogP contribution in [-0.2, 0) is 19.0 Å². The van der Waals surface area contributed by atoms with E-state index in [1.54, 1.807) is 30.3 Å². The normalized spacial score (nSPS) is 31.0. The van der Waals surface area contributed by atoms with Gasteiger partial charge in [0.2, 0.25) is 0 Å². The first-order valence-electron chi connectivity index (χ1n) is 7.37. The molecule has 8 heteroatoms. The number of aliphatic hydroxyl groups excluding tert-OH is 3. The molecule has 1 aromatic carbocycles.